The number of carbonyl (C=O) groups is 3. The molecule has 4 atom stereocenters. The Morgan fingerprint density at radius 1 is 0.848 bits per heavy atom. The van der Waals surface area contributed by atoms with E-state index in [-0.39, 0.29) is 5.56 Å². The highest BCUT2D eigenvalue weighted by atomic mass is 19.4. The highest BCUT2D eigenvalue weighted by Crippen LogP contribution is 2.50. The average Bonchev–Trinajstić information content (AvgIpc) is 3.20. The molecule has 176 valence electrons. The molecular formula is C23H22F3NO6. The molecule has 0 aliphatic carbocycles. The summed E-state index contributed by atoms with van der Waals surface area (Å²) in [6.45, 7) is 0. The summed E-state index contributed by atoms with van der Waals surface area (Å²) < 4.78 is 54.0. The molecule has 1 saturated heterocycles. The molecule has 0 radical (unpaired) electrons. The summed E-state index contributed by atoms with van der Waals surface area (Å²) in [5.74, 6) is -5.34. The van der Waals surface area contributed by atoms with Crippen molar-refractivity contribution in [1.29, 1.82) is 0 Å². The molecule has 0 unspecified atom stereocenters. The minimum absolute atomic E-state index is 0.244. The third-order valence-electron chi connectivity index (χ3n) is 5.83. The summed E-state index contributed by atoms with van der Waals surface area (Å²) in [5.41, 5.74) is -2.19. The number of nitrogens with one attached hydrogen (secondary N) is 1. The largest absolute Gasteiger partial charge is 0.469 e. The quantitative estimate of drug-likeness (QED) is 0.536. The third kappa shape index (κ3) is 4.18. The Kier molecular flexibility index (Phi) is 6.78. The summed E-state index contributed by atoms with van der Waals surface area (Å²) >= 11 is 0. The number of methoxy groups -OCH3 is 3. The van der Waals surface area contributed by atoms with Crippen LogP contribution in [0.25, 0.3) is 0 Å². The predicted molar refractivity (Wildman–Crippen MR) is 108 cm³/mol. The molecule has 0 bridgehead atoms. The van der Waals surface area contributed by atoms with Gasteiger partial charge in [-0.25, -0.2) is 4.79 Å². The standard InChI is InChI=1S/C23H22F3NO6/c1-31-19(28)16-17(20(29)32-2)22(21(30)33-3,14-7-5-4-6-8-14)27-18(16)13-9-11-15(12-10-13)23(24,25)26/h4-12,16-18,27H,1-3H3/t16-,17-,18-,22-/m1/s1. The lowest BCUT2D eigenvalue weighted by atomic mass is 9.74. The van der Waals surface area contributed by atoms with Crippen LogP contribution in [0.1, 0.15) is 22.7 Å². The van der Waals surface area contributed by atoms with E-state index in [1.807, 2.05) is 0 Å². The van der Waals surface area contributed by atoms with Gasteiger partial charge in [-0.15, -0.1) is 0 Å². The van der Waals surface area contributed by atoms with Crippen molar-refractivity contribution < 1.29 is 41.8 Å². The highest BCUT2D eigenvalue weighted by Gasteiger charge is 2.65. The van der Waals surface area contributed by atoms with Gasteiger partial charge in [-0.2, -0.15) is 13.2 Å². The van der Waals surface area contributed by atoms with E-state index in [0.717, 1.165) is 33.5 Å². The molecule has 0 aromatic heterocycles. The molecule has 10 heteroatoms. The second-order valence-electron chi connectivity index (χ2n) is 7.46. The maximum absolute atomic E-state index is 13.2. The van der Waals surface area contributed by atoms with Gasteiger partial charge in [-0.1, -0.05) is 42.5 Å². The molecule has 0 spiro atoms. The SMILES string of the molecule is COC(=O)[C@H]1[C@@H](c2ccc(C(F)(F)F)cc2)N[C@](C(=O)OC)(c2ccccc2)[C@H]1C(=O)OC. The van der Waals surface area contributed by atoms with Gasteiger partial charge in [-0.3, -0.25) is 14.9 Å². The molecule has 1 fully saturated rings. The summed E-state index contributed by atoms with van der Waals surface area (Å²) in [4.78, 5) is 39.1. The Balaban J connectivity index is 2.25. The van der Waals surface area contributed by atoms with Crippen LogP contribution in [-0.2, 0) is 40.3 Å². The lowest BCUT2D eigenvalue weighted by molar-refractivity contribution is -0.164. The molecule has 1 aliphatic rings. The first-order chi connectivity index (χ1) is 15.6. The number of ether oxygens (including phenoxy) is 3. The Labute approximate surface area is 187 Å². The molecule has 2 aromatic rings. The first-order valence-corrected chi connectivity index (χ1v) is 9.86. The zero-order valence-electron chi connectivity index (χ0n) is 18.0. The second-order valence-corrected chi connectivity index (χ2v) is 7.46. The summed E-state index contributed by atoms with van der Waals surface area (Å²) in [5, 5.41) is 3.02. The first-order valence-electron chi connectivity index (χ1n) is 9.86. The molecule has 33 heavy (non-hydrogen) atoms. The van der Waals surface area contributed by atoms with Crippen molar-refractivity contribution in [2.45, 2.75) is 17.8 Å². The van der Waals surface area contributed by atoms with Crippen molar-refractivity contribution >= 4 is 17.9 Å². The number of rotatable bonds is 5. The van der Waals surface area contributed by atoms with Crippen LogP contribution in [-0.4, -0.2) is 39.2 Å². The number of esters is 3. The van der Waals surface area contributed by atoms with E-state index < -0.39 is 53.1 Å². The van der Waals surface area contributed by atoms with Crippen molar-refractivity contribution in [2.75, 3.05) is 21.3 Å². The Bertz CT molecular complexity index is 1020. The number of carbonyl (C=O) groups excluding carboxylic acids is 3. The minimum Gasteiger partial charge on any atom is -0.469 e. The van der Waals surface area contributed by atoms with E-state index in [2.05, 4.69) is 5.32 Å². The lowest BCUT2D eigenvalue weighted by Crippen LogP contribution is -2.53. The van der Waals surface area contributed by atoms with Crippen molar-refractivity contribution in [3.63, 3.8) is 0 Å². The molecule has 3 rings (SSSR count). The number of alkyl halides is 3. The van der Waals surface area contributed by atoms with E-state index in [0.29, 0.717) is 5.56 Å². The van der Waals surface area contributed by atoms with Gasteiger partial charge < -0.3 is 14.2 Å². The third-order valence-corrected chi connectivity index (χ3v) is 5.83. The van der Waals surface area contributed by atoms with Gasteiger partial charge in [0.15, 0.2) is 5.54 Å². The van der Waals surface area contributed by atoms with Gasteiger partial charge >= 0.3 is 24.1 Å². The topological polar surface area (TPSA) is 90.9 Å². The zero-order chi connectivity index (χ0) is 24.4. The fourth-order valence-electron chi connectivity index (χ4n) is 4.34. The molecule has 2 aromatic carbocycles. The maximum atomic E-state index is 13.2. The van der Waals surface area contributed by atoms with Crippen molar-refractivity contribution in [2.24, 2.45) is 11.8 Å². The Hall–Kier alpha value is -3.40. The van der Waals surface area contributed by atoms with Crippen LogP contribution in [0, 0.1) is 11.8 Å². The van der Waals surface area contributed by atoms with Crippen LogP contribution in [0.2, 0.25) is 0 Å². The second kappa shape index (κ2) is 9.22. The number of benzene rings is 2. The molecule has 0 saturated carbocycles. The van der Waals surface area contributed by atoms with Crippen molar-refractivity contribution in [3.05, 3.63) is 71.3 Å². The number of halogens is 3. The van der Waals surface area contributed by atoms with Crippen LogP contribution in [0.4, 0.5) is 13.2 Å². The molecule has 7 nitrogen and oxygen atoms in total. The molecule has 1 N–H and O–H groups in total. The fraction of sp³-hybridized carbons (Fsp3) is 0.348. The van der Waals surface area contributed by atoms with Crippen LogP contribution in [0.15, 0.2) is 54.6 Å². The van der Waals surface area contributed by atoms with Crippen molar-refractivity contribution in [3.8, 4) is 0 Å². The van der Waals surface area contributed by atoms with Gasteiger partial charge in [0.1, 0.15) is 5.92 Å². The average molecular weight is 465 g/mol. The predicted octanol–water partition coefficient (Wildman–Crippen LogP) is 3.00. The maximum Gasteiger partial charge on any atom is 0.416 e. The monoisotopic (exact) mass is 465 g/mol. The highest BCUT2D eigenvalue weighted by molar-refractivity contribution is 5.95. The van der Waals surface area contributed by atoms with E-state index >= 15 is 0 Å². The fourth-order valence-corrected chi connectivity index (χ4v) is 4.34. The van der Waals surface area contributed by atoms with Gasteiger partial charge in [-0.05, 0) is 23.3 Å². The zero-order valence-corrected chi connectivity index (χ0v) is 18.0. The normalized spacial score (nSPS) is 24.7. The van der Waals surface area contributed by atoms with E-state index in [1.165, 1.54) is 12.1 Å². The van der Waals surface area contributed by atoms with Gasteiger partial charge in [0, 0.05) is 6.04 Å². The summed E-state index contributed by atoms with van der Waals surface area (Å²) in [7, 11) is 3.35. The molecular weight excluding hydrogens is 443 g/mol. The Morgan fingerprint density at radius 3 is 1.91 bits per heavy atom. The van der Waals surface area contributed by atoms with Crippen LogP contribution >= 0.6 is 0 Å². The van der Waals surface area contributed by atoms with E-state index in [9.17, 15) is 27.6 Å². The van der Waals surface area contributed by atoms with E-state index in [4.69, 9.17) is 14.2 Å². The number of hydrogen-bond acceptors (Lipinski definition) is 7. The number of hydrogen-bond donors (Lipinski definition) is 1. The van der Waals surface area contributed by atoms with Crippen LogP contribution < -0.4 is 5.32 Å². The van der Waals surface area contributed by atoms with Crippen molar-refractivity contribution in [1.82, 2.24) is 5.32 Å². The summed E-state index contributed by atoms with van der Waals surface area (Å²) in [6.07, 6.45) is -4.56. The van der Waals surface area contributed by atoms with Gasteiger partial charge in [0.2, 0.25) is 0 Å². The van der Waals surface area contributed by atoms with Crippen LogP contribution in [0.5, 0.6) is 0 Å². The van der Waals surface area contributed by atoms with E-state index in [1.54, 1.807) is 30.3 Å². The molecule has 0 amide bonds. The van der Waals surface area contributed by atoms with Crippen LogP contribution in [0.3, 0.4) is 0 Å². The smallest absolute Gasteiger partial charge is 0.416 e. The lowest BCUT2D eigenvalue weighted by Gasteiger charge is -2.32. The first kappa shape index (κ1) is 24.2. The minimum atomic E-state index is -4.56. The van der Waals surface area contributed by atoms with Gasteiger partial charge in [0.25, 0.3) is 0 Å². The molecule has 1 heterocycles. The van der Waals surface area contributed by atoms with Gasteiger partial charge in [0.05, 0.1) is 32.8 Å². The summed E-state index contributed by atoms with van der Waals surface area (Å²) in [6, 6.07) is 11.1. The molecule has 1 aliphatic heterocycles. The Morgan fingerprint density at radius 2 is 1.42 bits per heavy atom.